The SMILES string of the molecule is Cc1ncn(-c2ccc(NC(=O)C3CCC34CCOCC4)cc2)c1C. The molecule has 1 saturated heterocycles. The summed E-state index contributed by atoms with van der Waals surface area (Å²) in [5.41, 5.74) is 4.27. The van der Waals surface area contributed by atoms with E-state index in [1.54, 1.807) is 0 Å². The van der Waals surface area contributed by atoms with E-state index in [0.29, 0.717) is 0 Å². The summed E-state index contributed by atoms with van der Waals surface area (Å²) in [6.07, 6.45) is 6.03. The highest BCUT2D eigenvalue weighted by atomic mass is 16.5. The first-order valence-electron chi connectivity index (χ1n) is 9.09. The minimum absolute atomic E-state index is 0.134. The quantitative estimate of drug-likeness (QED) is 0.929. The van der Waals surface area contributed by atoms with E-state index in [2.05, 4.69) is 21.8 Å². The fourth-order valence-electron chi connectivity index (χ4n) is 4.18. The van der Waals surface area contributed by atoms with Crippen molar-refractivity contribution in [2.45, 2.75) is 39.5 Å². The summed E-state index contributed by atoms with van der Waals surface area (Å²) < 4.78 is 7.53. The Balaban J connectivity index is 1.44. The summed E-state index contributed by atoms with van der Waals surface area (Å²) in [5.74, 6) is 0.296. The molecule has 1 aliphatic carbocycles. The van der Waals surface area contributed by atoms with Gasteiger partial charge in [-0.1, -0.05) is 0 Å². The molecule has 2 heterocycles. The number of carbonyl (C=O) groups excluding carboxylic acids is 1. The number of hydrogen-bond donors (Lipinski definition) is 1. The Bertz CT molecular complexity index is 773. The number of carbonyl (C=O) groups is 1. The highest BCUT2D eigenvalue weighted by Crippen LogP contribution is 2.53. The normalized spacial score (nSPS) is 21.8. The first-order chi connectivity index (χ1) is 12.1. The van der Waals surface area contributed by atoms with Crippen LogP contribution in [0.2, 0.25) is 0 Å². The van der Waals surface area contributed by atoms with Gasteiger partial charge in [0, 0.05) is 36.2 Å². The van der Waals surface area contributed by atoms with E-state index in [4.69, 9.17) is 4.74 Å². The monoisotopic (exact) mass is 339 g/mol. The minimum Gasteiger partial charge on any atom is -0.381 e. The number of nitrogens with one attached hydrogen (secondary N) is 1. The smallest absolute Gasteiger partial charge is 0.228 e. The highest BCUT2D eigenvalue weighted by molar-refractivity contribution is 5.93. The molecule has 2 aromatic rings. The molecule has 25 heavy (non-hydrogen) atoms. The lowest BCUT2D eigenvalue weighted by atomic mass is 9.56. The fourth-order valence-corrected chi connectivity index (χ4v) is 4.18. The molecule has 132 valence electrons. The van der Waals surface area contributed by atoms with Gasteiger partial charge in [0.25, 0.3) is 0 Å². The number of benzene rings is 1. The van der Waals surface area contributed by atoms with Crippen LogP contribution in [0.5, 0.6) is 0 Å². The largest absolute Gasteiger partial charge is 0.381 e. The summed E-state index contributed by atoms with van der Waals surface area (Å²) in [7, 11) is 0. The molecule has 1 spiro atoms. The number of hydrogen-bond acceptors (Lipinski definition) is 3. The second-order valence-corrected chi connectivity index (χ2v) is 7.39. The summed E-state index contributed by atoms with van der Waals surface area (Å²) in [6.45, 7) is 5.65. The molecule has 1 aromatic heterocycles. The van der Waals surface area contributed by atoms with Crippen LogP contribution in [0.15, 0.2) is 30.6 Å². The first-order valence-corrected chi connectivity index (χ1v) is 9.09. The van der Waals surface area contributed by atoms with Gasteiger partial charge in [-0.15, -0.1) is 0 Å². The molecule has 1 N–H and O–H groups in total. The maximum Gasteiger partial charge on any atom is 0.228 e. The van der Waals surface area contributed by atoms with E-state index >= 15 is 0 Å². The van der Waals surface area contributed by atoms with Crippen molar-refractivity contribution in [2.75, 3.05) is 18.5 Å². The molecule has 1 saturated carbocycles. The zero-order valence-electron chi connectivity index (χ0n) is 14.9. The number of ether oxygens (including phenoxy) is 1. The van der Waals surface area contributed by atoms with Gasteiger partial charge in [-0.2, -0.15) is 0 Å². The predicted octanol–water partition coefficient (Wildman–Crippen LogP) is 3.63. The predicted molar refractivity (Wildman–Crippen MR) is 96.9 cm³/mol. The third-order valence-electron chi connectivity index (χ3n) is 6.14. The average Bonchev–Trinajstić information content (AvgIpc) is 2.94. The van der Waals surface area contributed by atoms with Crippen LogP contribution in [-0.2, 0) is 9.53 Å². The van der Waals surface area contributed by atoms with Crippen LogP contribution in [-0.4, -0.2) is 28.7 Å². The maximum absolute atomic E-state index is 12.7. The van der Waals surface area contributed by atoms with Crippen molar-refractivity contribution >= 4 is 11.6 Å². The van der Waals surface area contributed by atoms with Crippen molar-refractivity contribution in [3.63, 3.8) is 0 Å². The molecule has 5 nitrogen and oxygen atoms in total. The molecule has 2 fully saturated rings. The van der Waals surface area contributed by atoms with Crippen molar-refractivity contribution in [1.82, 2.24) is 9.55 Å². The van der Waals surface area contributed by atoms with Gasteiger partial charge in [0.05, 0.1) is 12.0 Å². The van der Waals surface area contributed by atoms with Gasteiger partial charge in [0.15, 0.2) is 0 Å². The van der Waals surface area contributed by atoms with E-state index in [-0.39, 0.29) is 17.2 Å². The van der Waals surface area contributed by atoms with Crippen LogP contribution in [0.1, 0.15) is 37.1 Å². The Kier molecular flexibility index (Phi) is 4.12. The van der Waals surface area contributed by atoms with Crippen LogP contribution >= 0.6 is 0 Å². The number of aromatic nitrogens is 2. The Morgan fingerprint density at radius 1 is 1.20 bits per heavy atom. The topological polar surface area (TPSA) is 56.2 Å². The molecule has 1 aromatic carbocycles. The van der Waals surface area contributed by atoms with Gasteiger partial charge in [0.2, 0.25) is 5.91 Å². The molecular weight excluding hydrogens is 314 g/mol. The molecule has 2 aliphatic rings. The van der Waals surface area contributed by atoms with E-state index in [1.165, 1.54) is 0 Å². The lowest BCUT2D eigenvalue weighted by Gasteiger charge is -2.50. The Labute approximate surface area is 148 Å². The molecular formula is C20H25N3O2. The van der Waals surface area contributed by atoms with Crippen LogP contribution < -0.4 is 5.32 Å². The van der Waals surface area contributed by atoms with E-state index in [9.17, 15) is 4.79 Å². The number of nitrogens with zero attached hydrogens (tertiary/aromatic N) is 2. The van der Waals surface area contributed by atoms with E-state index in [0.717, 1.165) is 61.7 Å². The summed E-state index contributed by atoms with van der Waals surface area (Å²) in [6, 6.07) is 7.98. The zero-order chi connectivity index (χ0) is 17.4. The number of aryl methyl sites for hydroxylation is 1. The Morgan fingerprint density at radius 3 is 2.48 bits per heavy atom. The number of anilines is 1. The number of imidazole rings is 1. The molecule has 1 unspecified atom stereocenters. The van der Waals surface area contributed by atoms with Gasteiger partial charge in [-0.3, -0.25) is 4.79 Å². The maximum atomic E-state index is 12.7. The lowest BCUT2D eigenvalue weighted by Crippen LogP contribution is -2.49. The lowest BCUT2D eigenvalue weighted by molar-refractivity contribution is -0.138. The van der Waals surface area contributed by atoms with Crippen LogP contribution in [0.25, 0.3) is 5.69 Å². The zero-order valence-corrected chi connectivity index (χ0v) is 14.9. The van der Waals surface area contributed by atoms with Crippen LogP contribution in [0.4, 0.5) is 5.69 Å². The molecule has 1 aliphatic heterocycles. The third-order valence-corrected chi connectivity index (χ3v) is 6.14. The summed E-state index contributed by atoms with van der Waals surface area (Å²) in [5, 5.41) is 3.11. The average molecular weight is 339 g/mol. The molecule has 0 bridgehead atoms. The molecule has 5 heteroatoms. The summed E-state index contributed by atoms with van der Waals surface area (Å²) in [4.78, 5) is 17.0. The second kappa shape index (κ2) is 6.30. The van der Waals surface area contributed by atoms with E-state index < -0.39 is 0 Å². The van der Waals surface area contributed by atoms with Crippen molar-refractivity contribution < 1.29 is 9.53 Å². The van der Waals surface area contributed by atoms with Crippen molar-refractivity contribution in [2.24, 2.45) is 11.3 Å². The number of rotatable bonds is 3. The van der Waals surface area contributed by atoms with Crippen LogP contribution in [0.3, 0.4) is 0 Å². The molecule has 4 rings (SSSR count). The van der Waals surface area contributed by atoms with Gasteiger partial charge < -0.3 is 14.6 Å². The second-order valence-electron chi connectivity index (χ2n) is 7.39. The van der Waals surface area contributed by atoms with Crippen molar-refractivity contribution in [3.8, 4) is 5.69 Å². The number of amides is 1. The minimum atomic E-state index is 0.134. The fraction of sp³-hybridized carbons (Fsp3) is 0.500. The third kappa shape index (κ3) is 2.86. The van der Waals surface area contributed by atoms with Gasteiger partial charge in [-0.25, -0.2) is 4.98 Å². The van der Waals surface area contributed by atoms with Gasteiger partial charge in [0.1, 0.15) is 0 Å². The first kappa shape index (κ1) is 16.3. The van der Waals surface area contributed by atoms with Gasteiger partial charge >= 0.3 is 0 Å². The Hall–Kier alpha value is -2.14. The van der Waals surface area contributed by atoms with Gasteiger partial charge in [-0.05, 0) is 69.2 Å². The highest BCUT2D eigenvalue weighted by Gasteiger charge is 2.50. The van der Waals surface area contributed by atoms with Crippen molar-refractivity contribution in [1.29, 1.82) is 0 Å². The summed E-state index contributed by atoms with van der Waals surface area (Å²) >= 11 is 0. The molecule has 1 amide bonds. The van der Waals surface area contributed by atoms with E-state index in [1.807, 2.05) is 37.5 Å². The molecule has 1 atom stereocenters. The standard InChI is InChI=1S/C20H25N3O2/c1-14-15(2)23(13-21-14)17-5-3-16(4-6-17)22-19(24)18-7-8-20(18)9-11-25-12-10-20/h3-6,13,18H,7-12H2,1-2H3,(H,22,24). The van der Waals surface area contributed by atoms with Crippen molar-refractivity contribution in [3.05, 3.63) is 42.0 Å². The Morgan fingerprint density at radius 2 is 1.92 bits per heavy atom. The van der Waals surface area contributed by atoms with Crippen LogP contribution in [0, 0.1) is 25.2 Å². The molecule has 0 radical (unpaired) electrons.